The smallest absolute Gasteiger partial charge is 0.253 e. The SMILES string of the molecule is CC(=O)c1ccc(F)c(-c2ccc(C(=O)N(C)C[C@H]3COCCO3)cc2)c1. The lowest BCUT2D eigenvalue weighted by Gasteiger charge is -2.27. The molecule has 1 aliphatic rings. The van der Waals surface area contributed by atoms with E-state index in [2.05, 4.69) is 0 Å². The number of amides is 1. The largest absolute Gasteiger partial charge is 0.376 e. The molecule has 2 aromatic rings. The number of ketones is 1. The van der Waals surface area contributed by atoms with E-state index in [9.17, 15) is 14.0 Å². The van der Waals surface area contributed by atoms with Gasteiger partial charge in [0.05, 0.1) is 25.9 Å². The molecule has 6 heteroatoms. The average Bonchev–Trinajstić information content (AvgIpc) is 2.68. The van der Waals surface area contributed by atoms with Crippen LogP contribution in [0.5, 0.6) is 0 Å². The van der Waals surface area contributed by atoms with Gasteiger partial charge < -0.3 is 14.4 Å². The molecule has 0 bridgehead atoms. The Morgan fingerprint density at radius 3 is 2.44 bits per heavy atom. The van der Waals surface area contributed by atoms with Crippen molar-refractivity contribution >= 4 is 11.7 Å². The van der Waals surface area contributed by atoms with E-state index in [0.29, 0.717) is 48.6 Å². The number of nitrogens with zero attached hydrogens (tertiary/aromatic N) is 1. The van der Waals surface area contributed by atoms with Crippen molar-refractivity contribution < 1.29 is 23.5 Å². The summed E-state index contributed by atoms with van der Waals surface area (Å²) < 4.78 is 25.1. The van der Waals surface area contributed by atoms with Crippen molar-refractivity contribution in [2.24, 2.45) is 0 Å². The van der Waals surface area contributed by atoms with Gasteiger partial charge in [-0.3, -0.25) is 9.59 Å². The van der Waals surface area contributed by atoms with Gasteiger partial charge in [0.2, 0.25) is 0 Å². The highest BCUT2D eigenvalue weighted by Gasteiger charge is 2.20. The van der Waals surface area contributed by atoms with Crippen LogP contribution in [-0.4, -0.2) is 56.1 Å². The Balaban J connectivity index is 1.74. The predicted octanol–water partition coefficient (Wildman–Crippen LogP) is 3.18. The topological polar surface area (TPSA) is 55.8 Å². The fourth-order valence-electron chi connectivity index (χ4n) is 3.01. The molecule has 0 N–H and O–H groups in total. The van der Waals surface area contributed by atoms with Crippen LogP contribution in [0.25, 0.3) is 11.1 Å². The Morgan fingerprint density at radius 1 is 1.11 bits per heavy atom. The van der Waals surface area contributed by atoms with Gasteiger partial charge >= 0.3 is 0 Å². The molecule has 1 fully saturated rings. The van der Waals surface area contributed by atoms with Crippen molar-refractivity contribution in [3.05, 3.63) is 59.4 Å². The van der Waals surface area contributed by atoms with Gasteiger partial charge in [-0.2, -0.15) is 0 Å². The Labute approximate surface area is 157 Å². The average molecular weight is 371 g/mol. The highest BCUT2D eigenvalue weighted by molar-refractivity contribution is 5.96. The zero-order valence-corrected chi connectivity index (χ0v) is 15.4. The molecule has 1 aliphatic heterocycles. The summed E-state index contributed by atoms with van der Waals surface area (Å²) in [6.45, 7) is 3.47. The third-order valence-electron chi connectivity index (χ3n) is 4.52. The molecule has 0 aliphatic carbocycles. The second-order valence-corrected chi connectivity index (χ2v) is 6.58. The van der Waals surface area contributed by atoms with Crippen LogP contribution in [0.2, 0.25) is 0 Å². The molecule has 0 radical (unpaired) electrons. The third-order valence-corrected chi connectivity index (χ3v) is 4.52. The number of rotatable bonds is 5. The molecule has 27 heavy (non-hydrogen) atoms. The van der Waals surface area contributed by atoms with Gasteiger partial charge in [0, 0.05) is 30.3 Å². The minimum absolute atomic E-state index is 0.126. The first kappa shape index (κ1) is 19.2. The van der Waals surface area contributed by atoms with E-state index < -0.39 is 5.82 Å². The number of carbonyl (C=O) groups excluding carboxylic acids is 2. The normalized spacial score (nSPS) is 16.8. The lowest BCUT2D eigenvalue weighted by atomic mass is 9.99. The molecule has 1 saturated heterocycles. The van der Waals surface area contributed by atoms with Crippen LogP contribution in [-0.2, 0) is 9.47 Å². The van der Waals surface area contributed by atoms with Crippen LogP contribution in [0, 0.1) is 5.82 Å². The van der Waals surface area contributed by atoms with Gasteiger partial charge in [-0.05, 0) is 42.8 Å². The lowest BCUT2D eigenvalue weighted by Crippen LogP contribution is -2.40. The van der Waals surface area contributed by atoms with Crippen LogP contribution in [0.1, 0.15) is 27.6 Å². The number of likely N-dealkylation sites (N-methyl/N-ethyl adjacent to an activating group) is 1. The van der Waals surface area contributed by atoms with Crippen LogP contribution < -0.4 is 0 Å². The van der Waals surface area contributed by atoms with Gasteiger partial charge in [0.1, 0.15) is 5.82 Å². The summed E-state index contributed by atoms with van der Waals surface area (Å²) in [6.07, 6.45) is -0.129. The summed E-state index contributed by atoms with van der Waals surface area (Å²) in [5.41, 5.74) is 1.89. The minimum Gasteiger partial charge on any atom is -0.376 e. The molecular formula is C21H22FNO4. The number of carbonyl (C=O) groups is 2. The fourth-order valence-corrected chi connectivity index (χ4v) is 3.01. The van der Waals surface area contributed by atoms with Crippen molar-refractivity contribution in [3.63, 3.8) is 0 Å². The molecule has 1 atom stereocenters. The highest BCUT2D eigenvalue weighted by Crippen LogP contribution is 2.25. The van der Waals surface area contributed by atoms with Gasteiger partial charge in [0.15, 0.2) is 5.78 Å². The van der Waals surface area contributed by atoms with E-state index in [-0.39, 0.29) is 17.8 Å². The number of benzene rings is 2. The summed E-state index contributed by atoms with van der Waals surface area (Å²) in [4.78, 5) is 25.7. The Morgan fingerprint density at radius 2 is 1.81 bits per heavy atom. The first-order valence-corrected chi connectivity index (χ1v) is 8.81. The van der Waals surface area contributed by atoms with Crippen molar-refractivity contribution in [3.8, 4) is 11.1 Å². The number of halogens is 1. The molecule has 2 aromatic carbocycles. The van der Waals surface area contributed by atoms with E-state index in [0.717, 1.165) is 0 Å². The van der Waals surface area contributed by atoms with E-state index in [1.807, 2.05) is 0 Å². The number of hydrogen-bond acceptors (Lipinski definition) is 4. The molecule has 3 rings (SSSR count). The van der Waals surface area contributed by atoms with Crippen molar-refractivity contribution in [2.75, 3.05) is 33.4 Å². The molecule has 0 saturated carbocycles. The zero-order valence-electron chi connectivity index (χ0n) is 15.4. The third kappa shape index (κ3) is 4.59. The number of ether oxygens (including phenoxy) is 2. The first-order valence-electron chi connectivity index (χ1n) is 8.81. The fraction of sp³-hybridized carbons (Fsp3) is 0.333. The van der Waals surface area contributed by atoms with E-state index >= 15 is 0 Å². The van der Waals surface area contributed by atoms with Gasteiger partial charge in [-0.1, -0.05) is 12.1 Å². The van der Waals surface area contributed by atoms with Crippen molar-refractivity contribution in [2.45, 2.75) is 13.0 Å². The van der Waals surface area contributed by atoms with Crippen LogP contribution >= 0.6 is 0 Å². The second kappa shape index (κ2) is 8.41. The number of Topliss-reactive ketones (excluding diaryl/α,β-unsaturated/α-hetero) is 1. The summed E-state index contributed by atoms with van der Waals surface area (Å²) in [7, 11) is 1.71. The molecule has 0 aromatic heterocycles. The maximum atomic E-state index is 14.2. The monoisotopic (exact) mass is 371 g/mol. The molecule has 0 unspecified atom stereocenters. The standard InChI is InChI=1S/C21H22FNO4/c1-14(24)17-7-8-20(22)19(11-17)15-3-5-16(6-4-15)21(25)23(2)12-18-13-26-9-10-27-18/h3-8,11,18H,9-10,12-13H2,1-2H3/t18-/m0/s1. The van der Waals surface area contributed by atoms with E-state index in [1.165, 1.54) is 25.1 Å². The van der Waals surface area contributed by atoms with Crippen LogP contribution in [0.3, 0.4) is 0 Å². The number of hydrogen-bond donors (Lipinski definition) is 0. The second-order valence-electron chi connectivity index (χ2n) is 6.58. The Kier molecular flexibility index (Phi) is 5.98. The lowest BCUT2D eigenvalue weighted by molar-refractivity contribution is -0.0933. The minimum atomic E-state index is -0.411. The molecular weight excluding hydrogens is 349 g/mol. The van der Waals surface area contributed by atoms with Crippen LogP contribution in [0.15, 0.2) is 42.5 Å². The highest BCUT2D eigenvalue weighted by atomic mass is 19.1. The quantitative estimate of drug-likeness (QED) is 0.758. The van der Waals surface area contributed by atoms with Crippen LogP contribution in [0.4, 0.5) is 4.39 Å². The molecule has 1 amide bonds. The van der Waals surface area contributed by atoms with Gasteiger partial charge in [-0.25, -0.2) is 4.39 Å². The summed E-state index contributed by atoms with van der Waals surface area (Å²) >= 11 is 0. The van der Waals surface area contributed by atoms with Gasteiger partial charge in [0.25, 0.3) is 5.91 Å². The van der Waals surface area contributed by atoms with E-state index in [4.69, 9.17) is 9.47 Å². The molecule has 5 nitrogen and oxygen atoms in total. The van der Waals surface area contributed by atoms with Crippen molar-refractivity contribution in [1.29, 1.82) is 0 Å². The summed E-state index contributed by atoms with van der Waals surface area (Å²) in [5.74, 6) is -0.682. The molecule has 1 heterocycles. The summed E-state index contributed by atoms with van der Waals surface area (Å²) in [6, 6.07) is 11.0. The first-order chi connectivity index (χ1) is 13.0. The zero-order chi connectivity index (χ0) is 19.4. The van der Waals surface area contributed by atoms with Crippen molar-refractivity contribution in [1.82, 2.24) is 4.90 Å². The Bertz CT molecular complexity index is 829. The predicted molar refractivity (Wildman–Crippen MR) is 99.4 cm³/mol. The maximum absolute atomic E-state index is 14.2. The van der Waals surface area contributed by atoms with Gasteiger partial charge in [-0.15, -0.1) is 0 Å². The maximum Gasteiger partial charge on any atom is 0.253 e. The molecule has 142 valence electrons. The van der Waals surface area contributed by atoms with E-state index in [1.54, 1.807) is 36.2 Å². The molecule has 0 spiro atoms. The summed E-state index contributed by atoms with van der Waals surface area (Å²) in [5, 5.41) is 0. The Hall–Kier alpha value is -2.57.